The molecule has 0 aromatic heterocycles. The summed E-state index contributed by atoms with van der Waals surface area (Å²) in [5.74, 6) is -0.604. The van der Waals surface area contributed by atoms with Crippen LogP contribution in [0, 0.1) is 0 Å². The molecular weight excluding hydrogens is 375 g/mol. The van der Waals surface area contributed by atoms with Gasteiger partial charge in [-0.2, -0.15) is 13.2 Å². The van der Waals surface area contributed by atoms with Crippen LogP contribution in [0.1, 0.15) is 15.9 Å². The highest BCUT2D eigenvalue weighted by atomic mass is 79.9. The molecule has 122 valence electrons. The Morgan fingerprint density at radius 1 is 1.09 bits per heavy atom. The number of ether oxygens (including phenoxy) is 1. The van der Waals surface area contributed by atoms with Gasteiger partial charge in [-0.1, -0.05) is 46.3 Å². The summed E-state index contributed by atoms with van der Waals surface area (Å²) < 4.78 is 43.0. The average molecular weight is 388 g/mol. The molecule has 0 atom stereocenters. The lowest BCUT2D eigenvalue weighted by molar-refractivity contribution is -0.123. The van der Waals surface area contributed by atoms with E-state index in [4.69, 9.17) is 4.74 Å². The number of carbonyl (C=O) groups excluding carboxylic acids is 1. The van der Waals surface area contributed by atoms with E-state index >= 15 is 0 Å². The monoisotopic (exact) mass is 387 g/mol. The van der Waals surface area contributed by atoms with E-state index in [1.165, 1.54) is 6.07 Å². The van der Waals surface area contributed by atoms with Gasteiger partial charge in [-0.05, 0) is 18.2 Å². The lowest BCUT2D eigenvalue weighted by Crippen LogP contribution is -2.33. The van der Waals surface area contributed by atoms with Gasteiger partial charge < -0.3 is 10.1 Å². The summed E-state index contributed by atoms with van der Waals surface area (Å²) in [5, 5.41) is 1.84. The molecule has 0 spiro atoms. The first-order chi connectivity index (χ1) is 10.9. The molecule has 1 amide bonds. The van der Waals surface area contributed by atoms with Crippen molar-refractivity contribution in [3.05, 3.63) is 64.1 Å². The van der Waals surface area contributed by atoms with Gasteiger partial charge in [0, 0.05) is 10.0 Å². The van der Waals surface area contributed by atoms with Crippen LogP contribution in [0.2, 0.25) is 0 Å². The molecule has 0 bridgehead atoms. The van der Waals surface area contributed by atoms with Crippen LogP contribution in [0.15, 0.2) is 53.0 Å². The largest absolute Gasteiger partial charge is 0.488 e. The average Bonchev–Trinajstić information content (AvgIpc) is 2.51. The number of para-hydroxylation sites is 1. The molecule has 0 unspecified atom stereocenters. The minimum absolute atomic E-state index is 0.0591. The molecular formula is C16H13BrF3NO2. The summed E-state index contributed by atoms with van der Waals surface area (Å²) in [6, 6.07) is 13.6. The van der Waals surface area contributed by atoms with Crippen LogP contribution in [0.25, 0.3) is 0 Å². The van der Waals surface area contributed by atoms with Gasteiger partial charge in [0.2, 0.25) is 0 Å². The molecule has 0 fully saturated rings. The molecule has 1 N–H and O–H groups in total. The Kier molecular flexibility index (Phi) is 5.65. The van der Waals surface area contributed by atoms with Crippen molar-refractivity contribution in [2.24, 2.45) is 0 Å². The number of rotatable bonds is 5. The zero-order chi connectivity index (χ0) is 16.9. The second-order valence-electron chi connectivity index (χ2n) is 4.67. The molecule has 0 aliphatic rings. The number of amides is 1. The number of hydrogen-bond acceptors (Lipinski definition) is 2. The van der Waals surface area contributed by atoms with E-state index < -0.39 is 18.6 Å². The summed E-state index contributed by atoms with van der Waals surface area (Å²) in [5.41, 5.74) is 0.918. The van der Waals surface area contributed by atoms with Crippen molar-refractivity contribution in [1.82, 2.24) is 5.32 Å². The lowest BCUT2D eigenvalue weighted by Gasteiger charge is -2.13. The van der Waals surface area contributed by atoms with Crippen molar-refractivity contribution in [1.29, 1.82) is 0 Å². The molecule has 0 saturated carbocycles. The van der Waals surface area contributed by atoms with Crippen LogP contribution in [-0.2, 0) is 6.61 Å². The highest BCUT2D eigenvalue weighted by Crippen LogP contribution is 2.22. The number of nitrogens with one attached hydrogen (secondary N) is 1. The number of hydrogen-bond donors (Lipinski definition) is 1. The van der Waals surface area contributed by atoms with Crippen molar-refractivity contribution in [3.63, 3.8) is 0 Å². The Bertz CT molecular complexity index is 689. The summed E-state index contributed by atoms with van der Waals surface area (Å²) >= 11 is 3.38. The van der Waals surface area contributed by atoms with Gasteiger partial charge >= 0.3 is 6.18 Å². The topological polar surface area (TPSA) is 38.3 Å². The number of alkyl halides is 3. The normalized spacial score (nSPS) is 11.1. The predicted molar refractivity (Wildman–Crippen MR) is 83.3 cm³/mol. The predicted octanol–water partition coefficient (Wildman–Crippen LogP) is 4.32. The molecule has 0 saturated heterocycles. The Balaban J connectivity index is 2.08. The number of carbonyl (C=O) groups is 1. The van der Waals surface area contributed by atoms with Crippen LogP contribution in [0.5, 0.6) is 5.75 Å². The molecule has 23 heavy (non-hydrogen) atoms. The maximum Gasteiger partial charge on any atom is 0.405 e. The summed E-state index contributed by atoms with van der Waals surface area (Å²) in [6.07, 6.45) is -4.46. The third-order valence-corrected chi connectivity index (χ3v) is 3.70. The molecule has 0 heterocycles. The Morgan fingerprint density at radius 2 is 1.74 bits per heavy atom. The molecule has 2 rings (SSSR count). The third-order valence-electron chi connectivity index (χ3n) is 2.92. The van der Waals surface area contributed by atoms with E-state index in [-0.39, 0.29) is 17.9 Å². The number of benzene rings is 2. The van der Waals surface area contributed by atoms with E-state index in [9.17, 15) is 18.0 Å². The highest BCUT2D eigenvalue weighted by Gasteiger charge is 2.28. The van der Waals surface area contributed by atoms with Crippen LogP contribution in [0.4, 0.5) is 13.2 Å². The van der Waals surface area contributed by atoms with Gasteiger partial charge in [0.05, 0.1) is 5.56 Å². The van der Waals surface area contributed by atoms with E-state index in [0.717, 1.165) is 10.0 Å². The van der Waals surface area contributed by atoms with Crippen molar-refractivity contribution in [2.75, 3.05) is 6.54 Å². The van der Waals surface area contributed by atoms with E-state index in [1.54, 1.807) is 18.2 Å². The fourth-order valence-electron chi connectivity index (χ4n) is 1.83. The van der Waals surface area contributed by atoms with Crippen LogP contribution >= 0.6 is 15.9 Å². The van der Waals surface area contributed by atoms with Crippen molar-refractivity contribution in [2.45, 2.75) is 12.8 Å². The van der Waals surface area contributed by atoms with Crippen molar-refractivity contribution < 1.29 is 22.7 Å². The summed E-state index contributed by atoms with van der Waals surface area (Å²) in [6.45, 7) is -1.20. The Hall–Kier alpha value is -2.02. The Labute approximate surface area is 139 Å². The first-order valence-corrected chi connectivity index (χ1v) is 7.46. The zero-order valence-corrected chi connectivity index (χ0v) is 13.4. The number of halogens is 4. The summed E-state index contributed by atoms with van der Waals surface area (Å²) in [7, 11) is 0. The van der Waals surface area contributed by atoms with Crippen LogP contribution in [0.3, 0.4) is 0 Å². The van der Waals surface area contributed by atoms with Gasteiger partial charge in [-0.25, -0.2) is 0 Å². The van der Waals surface area contributed by atoms with Crippen LogP contribution in [-0.4, -0.2) is 18.6 Å². The lowest BCUT2D eigenvalue weighted by atomic mass is 10.2. The Morgan fingerprint density at radius 3 is 2.43 bits per heavy atom. The fraction of sp³-hybridized carbons (Fsp3) is 0.188. The molecule has 7 heteroatoms. The van der Waals surface area contributed by atoms with Gasteiger partial charge in [0.25, 0.3) is 5.91 Å². The maximum atomic E-state index is 12.2. The summed E-state index contributed by atoms with van der Waals surface area (Å²) in [4.78, 5) is 11.9. The van der Waals surface area contributed by atoms with Gasteiger partial charge in [0.15, 0.2) is 0 Å². The second kappa shape index (κ2) is 7.50. The van der Waals surface area contributed by atoms with Gasteiger partial charge in [-0.15, -0.1) is 0 Å². The quantitative estimate of drug-likeness (QED) is 0.829. The third kappa shape index (κ3) is 5.28. The van der Waals surface area contributed by atoms with Crippen LogP contribution < -0.4 is 10.1 Å². The zero-order valence-electron chi connectivity index (χ0n) is 11.9. The smallest absolute Gasteiger partial charge is 0.405 e. The van der Waals surface area contributed by atoms with Gasteiger partial charge in [0.1, 0.15) is 18.9 Å². The second-order valence-corrected chi connectivity index (χ2v) is 5.53. The standard InChI is InChI=1S/C16H13BrF3NO2/c17-13-7-3-1-5-11(13)9-23-14-8-4-2-6-12(14)15(22)21-10-16(18,19)20/h1-8H,9-10H2,(H,21,22). The first-order valence-electron chi connectivity index (χ1n) is 6.67. The van der Waals surface area contributed by atoms with Crippen molar-refractivity contribution in [3.8, 4) is 5.75 Å². The fourth-order valence-corrected chi connectivity index (χ4v) is 2.23. The van der Waals surface area contributed by atoms with Crippen molar-refractivity contribution >= 4 is 21.8 Å². The molecule has 3 nitrogen and oxygen atoms in total. The minimum Gasteiger partial charge on any atom is -0.488 e. The molecule has 2 aromatic rings. The molecule has 0 aliphatic heterocycles. The highest BCUT2D eigenvalue weighted by molar-refractivity contribution is 9.10. The SMILES string of the molecule is O=C(NCC(F)(F)F)c1ccccc1OCc1ccccc1Br. The first kappa shape index (κ1) is 17.3. The maximum absolute atomic E-state index is 12.2. The van der Waals surface area contributed by atoms with Gasteiger partial charge in [-0.3, -0.25) is 4.79 Å². The molecule has 0 radical (unpaired) electrons. The van der Waals surface area contributed by atoms with E-state index in [0.29, 0.717) is 0 Å². The minimum atomic E-state index is -4.46. The molecule has 2 aromatic carbocycles. The van der Waals surface area contributed by atoms with E-state index in [1.807, 2.05) is 29.6 Å². The molecule has 0 aliphatic carbocycles. The van der Waals surface area contributed by atoms with E-state index in [2.05, 4.69) is 15.9 Å².